The molecule has 6 nitrogen and oxygen atoms in total. The topological polar surface area (TPSA) is 64.9 Å². The van der Waals surface area contributed by atoms with E-state index in [0.717, 1.165) is 48.5 Å². The third-order valence-corrected chi connectivity index (χ3v) is 3.77. The van der Waals surface area contributed by atoms with E-state index in [0.29, 0.717) is 0 Å². The molecule has 3 aromatic rings. The van der Waals surface area contributed by atoms with Crippen molar-refractivity contribution in [2.45, 2.75) is 25.5 Å². The molecule has 1 atom stereocenters. The number of ether oxygens (including phenoxy) is 1. The second kappa shape index (κ2) is 5.73. The second-order valence-electron chi connectivity index (χ2n) is 5.46. The maximum absolute atomic E-state index is 5.63. The van der Waals surface area contributed by atoms with E-state index in [1.165, 1.54) is 0 Å². The number of anilines is 2. The van der Waals surface area contributed by atoms with Gasteiger partial charge in [-0.2, -0.15) is 5.10 Å². The predicted octanol–water partition coefficient (Wildman–Crippen LogP) is 2.75. The quantitative estimate of drug-likeness (QED) is 0.801. The number of hydrogen-bond acceptors (Lipinski definition) is 5. The smallest absolute Gasteiger partial charge is 0.149 e. The number of para-hydroxylation sites is 2. The van der Waals surface area contributed by atoms with Gasteiger partial charge in [-0.1, -0.05) is 12.1 Å². The van der Waals surface area contributed by atoms with Crippen molar-refractivity contribution in [2.24, 2.45) is 0 Å². The van der Waals surface area contributed by atoms with Crippen molar-refractivity contribution in [2.75, 3.05) is 11.9 Å². The third kappa shape index (κ3) is 2.78. The lowest BCUT2D eigenvalue weighted by atomic mass is 10.2. The summed E-state index contributed by atoms with van der Waals surface area (Å²) in [7, 11) is 0. The van der Waals surface area contributed by atoms with Gasteiger partial charge in [0.05, 0.1) is 41.8 Å². The van der Waals surface area contributed by atoms with Crippen LogP contribution in [0.4, 0.5) is 11.5 Å². The van der Waals surface area contributed by atoms with Crippen LogP contribution in [0.5, 0.6) is 0 Å². The fourth-order valence-electron chi connectivity index (χ4n) is 2.69. The highest BCUT2D eigenvalue weighted by Gasteiger charge is 2.16. The minimum atomic E-state index is 0.285. The Hall–Kier alpha value is -2.47. The minimum Gasteiger partial charge on any atom is -0.376 e. The van der Waals surface area contributed by atoms with Crippen LogP contribution in [-0.2, 0) is 11.3 Å². The van der Waals surface area contributed by atoms with E-state index in [2.05, 4.69) is 20.4 Å². The van der Waals surface area contributed by atoms with Crippen LogP contribution in [-0.4, -0.2) is 32.5 Å². The van der Waals surface area contributed by atoms with Crippen LogP contribution < -0.4 is 5.32 Å². The molecular weight excluding hydrogens is 278 g/mol. The van der Waals surface area contributed by atoms with Gasteiger partial charge >= 0.3 is 0 Å². The highest BCUT2D eigenvalue weighted by molar-refractivity contribution is 5.75. The van der Waals surface area contributed by atoms with Gasteiger partial charge in [-0.05, 0) is 25.0 Å². The zero-order valence-electron chi connectivity index (χ0n) is 12.1. The molecule has 0 spiro atoms. The Labute approximate surface area is 128 Å². The van der Waals surface area contributed by atoms with Crippen molar-refractivity contribution in [1.29, 1.82) is 0 Å². The molecule has 0 aliphatic carbocycles. The Morgan fingerprint density at radius 3 is 3.00 bits per heavy atom. The highest BCUT2D eigenvalue weighted by atomic mass is 16.5. The van der Waals surface area contributed by atoms with Crippen LogP contribution in [0.2, 0.25) is 0 Å². The third-order valence-electron chi connectivity index (χ3n) is 3.77. The minimum absolute atomic E-state index is 0.285. The van der Waals surface area contributed by atoms with Gasteiger partial charge in [0, 0.05) is 12.8 Å². The van der Waals surface area contributed by atoms with Gasteiger partial charge in [0.25, 0.3) is 0 Å². The molecule has 0 saturated carbocycles. The van der Waals surface area contributed by atoms with Crippen LogP contribution in [0.15, 0.2) is 42.9 Å². The molecule has 22 heavy (non-hydrogen) atoms. The molecule has 1 aromatic carbocycles. The summed E-state index contributed by atoms with van der Waals surface area (Å²) in [5.41, 5.74) is 2.67. The van der Waals surface area contributed by atoms with E-state index in [9.17, 15) is 0 Å². The first-order valence-electron chi connectivity index (χ1n) is 7.50. The molecule has 1 unspecified atom stereocenters. The van der Waals surface area contributed by atoms with Crippen molar-refractivity contribution in [3.8, 4) is 0 Å². The van der Waals surface area contributed by atoms with Gasteiger partial charge in [0.1, 0.15) is 5.82 Å². The van der Waals surface area contributed by atoms with Crippen LogP contribution in [0, 0.1) is 0 Å². The number of benzene rings is 1. The zero-order chi connectivity index (χ0) is 14.8. The standard InChI is InChI=1S/C16H17N5O/c1-2-6-15-14(5-1)17-9-16(20-15)19-12-8-18-21(10-12)11-13-4-3-7-22-13/h1-2,5-6,8-10,13H,3-4,7,11H2,(H,19,20). The summed E-state index contributed by atoms with van der Waals surface area (Å²) in [4.78, 5) is 8.94. The Morgan fingerprint density at radius 1 is 1.23 bits per heavy atom. The molecular formula is C16H17N5O. The van der Waals surface area contributed by atoms with E-state index < -0.39 is 0 Å². The Morgan fingerprint density at radius 2 is 2.14 bits per heavy atom. The molecule has 0 radical (unpaired) electrons. The fraction of sp³-hybridized carbons (Fsp3) is 0.312. The molecule has 1 saturated heterocycles. The average molecular weight is 295 g/mol. The van der Waals surface area contributed by atoms with Crippen LogP contribution >= 0.6 is 0 Å². The number of nitrogens with zero attached hydrogens (tertiary/aromatic N) is 4. The molecule has 1 N–H and O–H groups in total. The van der Waals surface area contributed by atoms with Gasteiger partial charge in [0.2, 0.25) is 0 Å². The Balaban J connectivity index is 1.48. The number of hydrogen-bond donors (Lipinski definition) is 1. The van der Waals surface area contributed by atoms with Gasteiger partial charge in [-0.3, -0.25) is 9.67 Å². The van der Waals surface area contributed by atoms with Gasteiger partial charge in [0.15, 0.2) is 0 Å². The number of fused-ring (bicyclic) bond motifs is 1. The first-order valence-corrected chi connectivity index (χ1v) is 7.50. The molecule has 0 bridgehead atoms. The lowest BCUT2D eigenvalue weighted by Gasteiger charge is -2.08. The maximum atomic E-state index is 5.63. The normalized spacial score (nSPS) is 17.9. The van der Waals surface area contributed by atoms with Crippen molar-refractivity contribution in [3.63, 3.8) is 0 Å². The Kier molecular flexibility index (Phi) is 3.44. The van der Waals surface area contributed by atoms with Gasteiger partial charge < -0.3 is 10.1 Å². The number of rotatable bonds is 4. The van der Waals surface area contributed by atoms with Crippen molar-refractivity contribution >= 4 is 22.5 Å². The van der Waals surface area contributed by atoms with E-state index in [1.807, 2.05) is 35.1 Å². The lowest BCUT2D eigenvalue weighted by molar-refractivity contribution is 0.0940. The van der Waals surface area contributed by atoms with E-state index in [1.54, 1.807) is 12.4 Å². The van der Waals surface area contributed by atoms with Crippen LogP contribution in [0.1, 0.15) is 12.8 Å². The molecule has 3 heterocycles. The summed E-state index contributed by atoms with van der Waals surface area (Å²) in [6, 6.07) is 7.82. The monoisotopic (exact) mass is 295 g/mol. The molecule has 1 aliphatic heterocycles. The second-order valence-corrected chi connectivity index (χ2v) is 5.46. The molecule has 1 aliphatic rings. The first-order chi connectivity index (χ1) is 10.9. The largest absolute Gasteiger partial charge is 0.376 e. The van der Waals surface area contributed by atoms with E-state index >= 15 is 0 Å². The maximum Gasteiger partial charge on any atom is 0.149 e. The highest BCUT2D eigenvalue weighted by Crippen LogP contribution is 2.18. The Bertz CT molecular complexity index is 779. The molecule has 112 valence electrons. The van der Waals surface area contributed by atoms with Crippen LogP contribution in [0.3, 0.4) is 0 Å². The average Bonchev–Trinajstić information content (AvgIpc) is 3.20. The SMILES string of the molecule is c1ccc2nc(Nc3cnn(CC4CCCO4)c3)cnc2c1. The predicted molar refractivity (Wildman–Crippen MR) is 84.0 cm³/mol. The summed E-state index contributed by atoms with van der Waals surface area (Å²) in [5.74, 6) is 0.718. The van der Waals surface area contributed by atoms with Crippen molar-refractivity contribution < 1.29 is 4.74 Å². The lowest BCUT2D eigenvalue weighted by Crippen LogP contribution is -2.15. The summed E-state index contributed by atoms with van der Waals surface area (Å²) in [6.45, 7) is 1.66. The van der Waals surface area contributed by atoms with Crippen molar-refractivity contribution in [1.82, 2.24) is 19.7 Å². The zero-order valence-corrected chi connectivity index (χ0v) is 12.1. The molecule has 1 fully saturated rings. The van der Waals surface area contributed by atoms with E-state index in [4.69, 9.17) is 4.74 Å². The van der Waals surface area contributed by atoms with Gasteiger partial charge in [-0.25, -0.2) is 4.98 Å². The molecule has 4 rings (SSSR count). The summed E-state index contributed by atoms with van der Waals surface area (Å²) < 4.78 is 7.54. The van der Waals surface area contributed by atoms with Gasteiger partial charge in [-0.15, -0.1) is 0 Å². The first kappa shape index (κ1) is 13.2. The number of aromatic nitrogens is 4. The molecule has 6 heteroatoms. The van der Waals surface area contributed by atoms with Crippen molar-refractivity contribution in [3.05, 3.63) is 42.9 Å². The summed E-state index contributed by atoms with van der Waals surface area (Å²) in [5, 5.41) is 7.61. The summed E-state index contributed by atoms with van der Waals surface area (Å²) >= 11 is 0. The fourth-order valence-corrected chi connectivity index (χ4v) is 2.69. The van der Waals surface area contributed by atoms with Crippen LogP contribution in [0.25, 0.3) is 11.0 Å². The summed E-state index contributed by atoms with van der Waals surface area (Å²) in [6.07, 6.45) is 8.04. The number of nitrogens with one attached hydrogen (secondary N) is 1. The molecule has 2 aromatic heterocycles. The molecule has 0 amide bonds. The van der Waals surface area contributed by atoms with E-state index in [-0.39, 0.29) is 6.10 Å².